The van der Waals surface area contributed by atoms with E-state index in [9.17, 15) is 0 Å². The van der Waals surface area contributed by atoms with Gasteiger partial charge < -0.3 is 9.53 Å². The molecule has 17 heavy (non-hydrogen) atoms. The molecule has 0 aliphatic rings. The maximum atomic E-state index is 8.58. The summed E-state index contributed by atoms with van der Waals surface area (Å²) in [5.41, 5.74) is 1.86. The summed E-state index contributed by atoms with van der Waals surface area (Å²) < 4.78 is 6.32. The van der Waals surface area contributed by atoms with E-state index in [0.29, 0.717) is 23.2 Å². The zero-order valence-electron chi connectivity index (χ0n) is 12.2. The van der Waals surface area contributed by atoms with Crippen molar-refractivity contribution in [3.8, 4) is 11.8 Å². The largest absolute Gasteiger partial charge is 0.415 e. The highest BCUT2D eigenvalue weighted by Gasteiger charge is 2.44. The monoisotopic (exact) mass is 256 g/mol. The molecule has 0 amide bonds. The fourth-order valence-electron chi connectivity index (χ4n) is 2.92. The fraction of sp³-hybridized carbons (Fsp3) is 0.857. The lowest BCUT2D eigenvalue weighted by atomic mass is 10.4. The molecule has 0 heterocycles. The summed E-state index contributed by atoms with van der Waals surface area (Å²) in [7, 11) is -1.72. The zero-order chi connectivity index (χ0) is 13.5. The topological polar surface area (TPSA) is 29.5 Å². The second kappa shape index (κ2) is 7.92. The molecule has 2 nitrogen and oxygen atoms in total. The average molecular weight is 256 g/mol. The van der Waals surface area contributed by atoms with Crippen LogP contribution in [0.5, 0.6) is 0 Å². The number of hydrogen-bond acceptors (Lipinski definition) is 2. The second-order valence-electron chi connectivity index (χ2n) is 5.43. The van der Waals surface area contributed by atoms with E-state index in [2.05, 4.69) is 53.4 Å². The molecule has 0 fully saturated rings. The van der Waals surface area contributed by atoms with Crippen molar-refractivity contribution in [3.05, 3.63) is 0 Å². The number of aliphatic hydroxyl groups is 1. The third kappa shape index (κ3) is 4.46. The van der Waals surface area contributed by atoms with Crippen LogP contribution in [-0.4, -0.2) is 26.6 Å². The van der Waals surface area contributed by atoms with Crippen molar-refractivity contribution in [1.82, 2.24) is 0 Å². The number of hydrogen-bond donors (Lipinski definition) is 1. The Kier molecular flexibility index (Phi) is 7.77. The van der Waals surface area contributed by atoms with E-state index in [1.54, 1.807) is 0 Å². The van der Waals surface area contributed by atoms with Crippen LogP contribution in [-0.2, 0) is 4.43 Å². The second-order valence-corrected chi connectivity index (χ2v) is 10.9. The Morgan fingerprint density at radius 3 is 1.76 bits per heavy atom. The van der Waals surface area contributed by atoms with Gasteiger partial charge in [-0.1, -0.05) is 53.4 Å². The van der Waals surface area contributed by atoms with E-state index in [-0.39, 0.29) is 6.61 Å². The molecule has 100 valence electrons. The summed E-state index contributed by atoms with van der Waals surface area (Å²) in [4.78, 5) is 0. The first-order valence-corrected chi connectivity index (χ1v) is 8.74. The summed E-state index contributed by atoms with van der Waals surface area (Å²) >= 11 is 0. The maximum Gasteiger partial charge on any atom is 0.200 e. The van der Waals surface area contributed by atoms with Crippen LogP contribution in [0.2, 0.25) is 16.6 Å². The first-order valence-electron chi connectivity index (χ1n) is 6.60. The third-order valence-electron chi connectivity index (χ3n) is 3.49. The number of rotatable bonds is 6. The fourth-order valence-corrected chi connectivity index (χ4v) is 8.38. The van der Waals surface area contributed by atoms with Gasteiger partial charge in [0.1, 0.15) is 6.61 Å². The van der Waals surface area contributed by atoms with Crippen molar-refractivity contribution in [2.75, 3.05) is 13.2 Å². The van der Waals surface area contributed by atoms with Crippen LogP contribution in [0.4, 0.5) is 0 Å². The minimum Gasteiger partial charge on any atom is -0.415 e. The maximum absolute atomic E-state index is 8.58. The number of aliphatic hydroxyl groups excluding tert-OH is 1. The predicted octanol–water partition coefficient (Wildman–Crippen LogP) is 3.56. The molecule has 0 aliphatic carbocycles. The lowest BCUT2D eigenvalue weighted by Gasteiger charge is -2.42. The van der Waals surface area contributed by atoms with Crippen LogP contribution in [0.15, 0.2) is 0 Å². The molecule has 0 aromatic rings. The van der Waals surface area contributed by atoms with Crippen molar-refractivity contribution in [3.63, 3.8) is 0 Å². The van der Waals surface area contributed by atoms with Gasteiger partial charge >= 0.3 is 0 Å². The van der Waals surface area contributed by atoms with Crippen molar-refractivity contribution >= 4 is 8.32 Å². The van der Waals surface area contributed by atoms with E-state index < -0.39 is 8.32 Å². The minimum atomic E-state index is -1.72. The smallest absolute Gasteiger partial charge is 0.200 e. The zero-order valence-corrected chi connectivity index (χ0v) is 13.2. The Labute approximate surface area is 108 Å². The highest BCUT2D eigenvalue weighted by Crippen LogP contribution is 2.42. The standard InChI is InChI=1S/C14H28O2Si/c1-12(2)17(13(3)4,14(5)6)16-11-9-7-8-10-15/h12-15H,9-11H2,1-6H3. The van der Waals surface area contributed by atoms with Gasteiger partial charge in [0.2, 0.25) is 0 Å². The Bertz CT molecular complexity index is 239. The normalized spacial score (nSPS) is 12.1. The molecule has 0 spiro atoms. The molecule has 3 heteroatoms. The van der Waals surface area contributed by atoms with Crippen LogP contribution < -0.4 is 0 Å². The molecular formula is C14H28O2Si. The molecule has 0 rings (SSSR count). The lowest BCUT2D eigenvalue weighted by Crippen LogP contribution is -2.47. The van der Waals surface area contributed by atoms with Crippen molar-refractivity contribution in [1.29, 1.82) is 0 Å². The van der Waals surface area contributed by atoms with Gasteiger partial charge in [0, 0.05) is 13.0 Å². The van der Waals surface area contributed by atoms with Gasteiger partial charge in [-0.05, 0) is 16.6 Å². The van der Waals surface area contributed by atoms with Crippen molar-refractivity contribution in [2.24, 2.45) is 0 Å². The Morgan fingerprint density at radius 2 is 1.41 bits per heavy atom. The first-order chi connectivity index (χ1) is 7.89. The van der Waals surface area contributed by atoms with Crippen LogP contribution in [0, 0.1) is 11.8 Å². The van der Waals surface area contributed by atoms with Gasteiger partial charge in [0.25, 0.3) is 0 Å². The Hall–Kier alpha value is -0.303. The SMILES string of the molecule is CC(C)[Si](OCCC#CCO)(C(C)C)C(C)C. The predicted molar refractivity (Wildman–Crippen MR) is 76.5 cm³/mol. The van der Waals surface area contributed by atoms with Crippen molar-refractivity contribution in [2.45, 2.75) is 64.6 Å². The summed E-state index contributed by atoms with van der Waals surface area (Å²) in [6.45, 7) is 14.3. The Morgan fingerprint density at radius 1 is 0.941 bits per heavy atom. The molecular weight excluding hydrogens is 228 g/mol. The van der Waals surface area contributed by atoms with Crippen LogP contribution in [0.25, 0.3) is 0 Å². The van der Waals surface area contributed by atoms with Gasteiger partial charge in [0.15, 0.2) is 8.32 Å². The minimum absolute atomic E-state index is 0.0545. The van der Waals surface area contributed by atoms with E-state index in [4.69, 9.17) is 9.53 Å². The van der Waals surface area contributed by atoms with Gasteiger partial charge in [-0.15, -0.1) is 0 Å². The van der Waals surface area contributed by atoms with Crippen LogP contribution in [0.1, 0.15) is 48.0 Å². The van der Waals surface area contributed by atoms with Crippen LogP contribution >= 0.6 is 0 Å². The molecule has 0 bridgehead atoms. The molecule has 0 aliphatic heterocycles. The summed E-state index contributed by atoms with van der Waals surface area (Å²) in [5.74, 6) is 5.58. The van der Waals surface area contributed by atoms with Gasteiger partial charge in [-0.25, -0.2) is 0 Å². The average Bonchev–Trinajstić information content (AvgIpc) is 2.21. The molecule has 0 aromatic carbocycles. The molecule has 1 N–H and O–H groups in total. The van der Waals surface area contributed by atoms with E-state index in [1.165, 1.54) is 0 Å². The molecule has 0 saturated carbocycles. The van der Waals surface area contributed by atoms with Crippen molar-refractivity contribution < 1.29 is 9.53 Å². The van der Waals surface area contributed by atoms with Gasteiger partial charge in [-0.3, -0.25) is 0 Å². The molecule has 0 radical (unpaired) electrons. The highest BCUT2D eigenvalue weighted by atomic mass is 28.4. The van der Waals surface area contributed by atoms with E-state index in [1.807, 2.05) is 0 Å². The summed E-state index contributed by atoms with van der Waals surface area (Å²) in [6.07, 6.45) is 0.724. The van der Waals surface area contributed by atoms with Crippen LogP contribution in [0.3, 0.4) is 0 Å². The summed E-state index contributed by atoms with van der Waals surface area (Å²) in [6, 6.07) is 0. The molecule has 0 aromatic heterocycles. The quantitative estimate of drug-likeness (QED) is 0.447. The summed E-state index contributed by atoms with van der Waals surface area (Å²) in [5, 5.41) is 8.58. The molecule has 0 saturated heterocycles. The lowest BCUT2D eigenvalue weighted by molar-refractivity contribution is 0.285. The van der Waals surface area contributed by atoms with Gasteiger partial charge in [-0.2, -0.15) is 0 Å². The molecule has 0 atom stereocenters. The third-order valence-corrected chi connectivity index (χ3v) is 9.61. The molecule has 0 unspecified atom stereocenters. The van der Waals surface area contributed by atoms with E-state index in [0.717, 1.165) is 6.42 Å². The highest BCUT2D eigenvalue weighted by molar-refractivity contribution is 6.77. The van der Waals surface area contributed by atoms with Gasteiger partial charge in [0.05, 0.1) is 0 Å². The Balaban J connectivity index is 4.59. The first kappa shape index (κ1) is 16.7. The van der Waals surface area contributed by atoms with E-state index >= 15 is 0 Å².